The number of phenols is 1. The molecule has 3 nitrogen and oxygen atoms in total. The molecule has 4 N–H and O–H groups in total. The zero-order valence-corrected chi connectivity index (χ0v) is 10.7. The molecule has 4 heteroatoms. The summed E-state index contributed by atoms with van der Waals surface area (Å²) in [5.74, 6) is 0.186. The van der Waals surface area contributed by atoms with Gasteiger partial charge in [-0.3, -0.25) is 0 Å². The second-order valence-electron chi connectivity index (χ2n) is 3.87. The van der Waals surface area contributed by atoms with Crippen molar-refractivity contribution in [2.24, 2.45) is 5.73 Å². The van der Waals surface area contributed by atoms with E-state index in [1.807, 2.05) is 13.8 Å². The molecule has 0 fully saturated rings. The van der Waals surface area contributed by atoms with E-state index in [4.69, 9.17) is 5.73 Å². The van der Waals surface area contributed by atoms with Crippen LogP contribution in [0.25, 0.3) is 0 Å². The standard InChI is InChI=1S/C11H16BrNO2/c1-5-4-8(14)10(12)6(2)9(5)11(15)7(3)13/h4,7,11,14-15H,13H2,1-3H3. The van der Waals surface area contributed by atoms with E-state index >= 15 is 0 Å². The molecule has 0 heterocycles. The van der Waals surface area contributed by atoms with Crippen LogP contribution in [0, 0.1) is 13.8 Å². The molecular formula is C11H16BrNO2. The van der Waals surface area contributed by atoms with Crippen molar-refractivity contribution in [2.45, 2.75) is 32.9 Å². The first-order chi connectivity index (χ1) is 6.86. The van der Waals surface area contributed by atoms with Crippen molar-refractivity contribution in [3.05, 3.63) is 27.2 Å². The van der Waals surface area contributed by atoms with Crippen LogP contribution in [0.1, 0.15) is 29.7 Å². The molecule has 15 heavy (non-hydrogen) atoms. The monoisotopic (exact) mass is 273 g/mol. The molecule has 0 saturated heterocycles. The van der Waals surface area contributed by atoms with E-state index in [0.717, 1.165) is 16.7 Å². The minimum atomic E-state index is -0.707. The van der Waals surface area contributed by atoms with E-state index in [9.17, 15) is 10.2 Å². The van der Waals surface area contributed by atoms with Gasteiger partial charge in [-0.1, -0.05) is 0 Å². The Morgan fingerprint density at radius 3 is 2.40 bits per heavy atom. The molecule has 1 aromatic rings. The van der Waals surface area contributed by atoms with Crippen LogP contribution >= 0.6 is 15.9 Å². The number of aryl methyl sites for hydroxylation is 1. The predicted molar refractivity (Wildman–Crippen MR) is 63.9 cm³/mol. The first kappa shape index (κ1) is 12.5. The predicted octanol–water partition coefficient (Wildman–Crippen LogP) is 2.15. The minimum absolute atomic E-state index is 0.186. The summed E-state index contributed by atoms with van der Waals surface area (Å²) in [6.07, 6.45) is -0.707. The lowest BCUT2D eigenvalue weighted by Crippen LogP contribution is -2.25. The second-order valence-corrected chi connectivity index (χ2v) is 4.66. The number of halogens is 1. The second kappa shape index (κ2) is 4.51. The first-order valence-electron chi connectivity index (χ1n) is 4.78. The molecule has 1 rings (SSSR count). The fourth-order valence-electron chi connectivity index (χ4n) is 1.67. The van der Waals surface area contributed by atoms with Gasteiger partial charge in [-0.2, -0.15) is 0 Å². The van der Waals surface area contributed by atoms with Gasteiger partial charge in [0.15, 0.2) is 0 Å². The highest BCUT2D eigenvalue weighted by Gasteiger charge is 2.20. The van der Waals surface area contributed by atoms with Gasteiger partial charge < -0.3 is 15.9 Å². The summed E-state index contributed by atoms with van der Waals surface area (Å²) in [4.78, 5) is 0. The highest BCUT2D eigenvalue weighted by Crippen LogP contribution is 2.35. The lowest BCUT2D eigenvalue weighted by Gasteiger charge is -2.21. The summed E-state index contributed by atoms with van der Waals surface area (Å²) in [6.45, 7) is 5.45. The molecular weight excluding hydrogens is 258 g/mol. The summed E-state index contributed by atoms with van der Waals surface area (Å²) < 4.78 is 0.614. The summed E-state index contributed by atoms with van der Waals surface area (Å²) in [6, 6.07) is 1.29. The minimum Gasteiger partial charge on any atom is -0.507 e. The molecule has 0 aliphatic heterocycles. The Bertz CT molecular complexity index is 377. The number of rotatable bonds is 2. The van der Waals surface area contributed by atoms with Crippen LogP contribution in [0.5, 0.6) is 5.75 Å². The van der Waals surface area contributed by atoms with Gasteiger partial charge in [-0.05, 0) is 59.5 Å². The smallest absolute Gasteiger partial charge is 0.130 e. The highest BCUT2D eigenvalue weighted by atomic mass is 79.9. The average Bonchev–Trinajstić information content (AvgIpc) is 2.14. The zero-order chi connectivity index (χ0) is 11.7. The van der Waals surface area contributed by atoms with Gasteiger partial charge >= 0.3 is 0 Å². The summed E-state index contributed by atoms with van der Waals surface area (Å²) in [7, 11) is 0. The van der Waals surface area contributed by atoms with Crippen molar-refractivity contribution < 1.29 is 10.2 Å². The van der Waals surface area contributed by atoms with Crippen LogP contribution in [0.2, 0.25) is 0 Å². The SMILES string of the molecule is Cc1cc(O)c(Br)c(C)c1C(O)C(C)N. The Balaban J connectivity index is 3.36. The number of benzene rings is 1. The van der Waals surface area contributed by atoms with E-state index in [1.54, 1.807) is 13.0 Å². The average molecular weight is 274 g/mol. The van der Waals surface area contributed by atoms with Crippen LogP contribution in [-0.2, 0) is 0 Å². The third-order valence-electron chi connectivity index (χ3n) is 2.53. The van der Waals surface area contributed by atoms with Crippen molar-refractivity contribution in [3.8, 4) is 5.75 Å². The van der Waals surface area contributed by atoms with Crippen LogP contribution in [0.4, 0.5) is 0 Å². The fourth-order valence-corrected chi connectivity index (χ4v) is 2.00. The molecule has 2 atom stereocenters. The summed E-state index contributed by atoms with van der Waals surface area (Å²) in [5, 5.41) is 19.5. The number of phenolic OH excluding ortho intramolecular Hbond substituents is 1. The lowest BCUT2D eigenvalue weighted by molar-refractivity contribution is 0.152. The summed E-state index contributed by atoms with van der Waals surface area (Å²) in [5.41, 5.74) is 8.13. The number of hydrogen-bond acceptors (Lipinski definition) is 3. The van der Waals surface area contributed by atoms with Gasteiger partial charge in [0.25, 0.3) is 0 Å². The Labute approximate surface area is 98.1 Å². The number of nitrogens with two attached hydrogens (primary N) is 1. The van der Waals surface area contributed by atoms with E-state index in [-0.39, 0.29) is 11.8 Å². The molecule has 84 valence electrons. The van der Waals surface area contributed by atoms with Gasteiger partial charge in [0.1, 0.15) is 5.75 Å². The van der Waals surface area contributed by atoms with Gasteiger partial charge in [0.05, 0.1) is 10.6 Å². The number of hydrogen-bond donors (Lipinski definition) is 3. The Morgan fingerprint density at radius 2 is 1.93 bits per heavy atom. The van der Waals surface area contributed by atoms with Gasteiger partial charge in [-0.15, -0.1) is 0 Å². The number of aliphatic hydroxyl groups excluding tert-OH is 1. The maximum Gasteiger partial charge on any atom is 0.130 e. The Morgan fingerprint density at radius 1 is 1.40 bits per heavy atom. The van der Waals surface area contributed by atoms with Crippen LogP contribution in [0.3, 0.4) is 0 Å². The Kier molecular flexibility index (Phi) is 3.76. The molecule has 1 aromatic carbocycles. The largest absolute Gasteiger partial charge is 0.507 e. The van der Waals surface area contributed by atoms with Crippen LogP contribution < -0.4 is 5.73 Å². The van der Waals surface area contributed by atoms with E-state index < -0.39 is 6.10 Å². The molecule has 0 saturated carbocycles. The fraction of sp³-hybridized carbons (Fsp3) is 0.455. The molecule has 0 bridgehead atoms. The van der Waals surface area contributed by atoms with Crippen molar-refractivity contribution in [2.75, 3.05) is 0 Å². The topological polar surface area (TPSA) is 66.5 Å². The summed E-state index contributed by atoms with van der Waals surface area (Å²) >= 11 is 3.28. The van der Waals surface area contributed by atoms with Gasteiger partial charge in [0.2, 0.25) is 0 Å². The molecule has 0 spiro atoms. The van der Waals surface area contributed by atoms with Crippen LogP contribution in [0.15, 0.2) is 10.5 Å². The maximum absolute atomic E-state index is 9.95. The van der Waals surface area contributed by atoms with Gasteiger partial charge in [0, 0.05) is 6.04 Å². The normalized spacial score (nSPS) is 15.1. The quantitative estimate of drug-likeness (QED) is 0.774. The molecule has 2 unspecified atom stereocenters. The van der Waals surface area contributed by atoms with Crippen molar-refractivity contribution in [1.29, 1.82) is 0 Å². The molecule has 0 radical (unpaired) electrons. The number of aromatic hydroxyl groups is 1. The van der Waals surface area contributed by atoms with E-state index in [2.05, 4.69) is 15.9 Å². The number of aliphatic hydroxyl groups is 1. The van der Waals surface area contributed by atoms with Gasteiger partial charge in [-0.25, -0.2) is 0 Å². The lowest BCUT2D eigenvalue weighted by atomic mass is 9.94. The highest BCUT2D eigenvalue weighted by molar-refractivity contribution is 9.10. The van der Waals surface area contributed by atoms with E-state index in [1.165, 1.54) is 0 Å². The third kappa shape index (κ3) is 2.33. The Hall–Kier alpha value is -0.580. The van der Waals surface area contributed by atoms with Crippen molar-refractivity contribution >= 4 is 15.9 Å². The van der Waals surface area contributed by atoms with Crippen molar-refractivity contribution in [3.63, 3.8) is 0 Å². The van der Waals surface area contributed by atoms with Crippen molar-refractivity contribution in [1.82, 2.24) is 0 Å². The molecule has 0 aromatic heterocycles. The maximum atomic E-state index is 9.95. The molecule has 0 amide bonds. The van der Waals surface area contributed by atoms with Crippen LogP contribution in [-0.4, -0.2) is 16.3 Å². The van der Waals surface area contributed by atoms with E-state index in [0.29, 0.717) is 4.47 Å². The zero-order valence-electron chi connectivity index (χ0n) is 9.08. The third-order valence-corrected chi connectivity index (χ3v) is 3.53. The molecule has 0 aliphatic rings. The first-order valence-corrected chi connectivity index (χ1v) is 5.57. The molecule has 0 aliphatic carbocycles.